The van der Waals surface area contributed by atoms with Crippen LogP contribution in [-0.4, -0.2) is 34.9 Å². The van der Waals surface area contributed by atoms with E-state index >= 15 is 0 Å². The first-order valence-electron chi connectivity index (χ1n) is 8.82. The summed E-state index contributed by atoms with van der Waals surface area (Å²) >= 11 is 0. The highest BCUT2D eigenvalue weighted by Crippen LogP contribution is 2.42. The number of carbonyl (C=O) groups is 1. The number of nitrogens with zero attached hydrogens (tertiary/aromatic N) is 3. The number of esters is 1. The van der Waals surface area contributed by atoms with E-state index in [2.05, 4.69) is 15.0 Å². The second-order valence-electron chi connectivity index (χ2n) is 6.85. The average Bonchev–Trinajstić information content (AvgIpc) is 2.81. The highest BCUT2D eigenvalue weighted by atomic mass is 19.4. The lowest BCUT2D eigenvalue weighted by molar-refractivity contribution is -0.142. The minimum absolute atomic E-state index is 0.0740. The van der Waals surface area contributed by atoms with Crippen molar-refractivity contribution < 1.29 is 22.7 Å². The van der Waals surface area contributed by atoms with E-state index < -0.39 is 23.8 Å². The van der Waals surface area contributed by atoms with Gasteiger partial charge in [0.15, 0.2) is 0 Å². The predicted octanol–water partition coefficient (Wildman–Crippen LogP) is 4.82. The van der Waals surface area contributed by atoms with Crippen LogP contribution in [0.15, 0.2) is 41.4 Å². The maximum absolute atomic E-state index is 13.9. The lowest BCUT2D eigenvalue weighted by atomic mass is 9.95. The van der Waals surface area contributed by atoms with Crippen LogP contribution in [0.2, 0.25) is 0 Å². The van der Waals surface area contributed by atoms with E-state index in [0.717, 1.165) is 18.2 Å². The number of benzene rings is 2. The molecule has 1 aromatic heterocycles. The van der Waals surface area contributed by atoms with Crippen LogP contribution in [-0.2, 0) is 9.53 Å². The van der Waals surface area contributed by atoms with Crippen LogP contribution in [0, 0.1) is 13.8 Å². The lowest BCUT2D eigenvalue weighted by Gasteiger charge is -2.19. The summed E-state index contributed by atoms with van der Waals surface area (Å²) in [6.07, 6.45) is -4.85. The van der Waals surface area contributed by atoms with Gasteiger partial charge in [0.05, 0.1) is 35.2 Å². The number of fused-ring (bicyclic) bond motifs is 4. The molecular formula is C21H16F3N3O2. The monoisotopic (exact) mass is 399 g/mol. The third kappa shape index (κ3) is 3.14. The molecule has 1 aliphatic rings. The van der Waals surface area contributed by atoms with Crippen LogP contribution in [0.1, 0.15) is 22.7 Å². The number of carbonyl (C=O) groups excluding carboxylic acids is 1. The molecule has 0 saturated carbocycles. The number of para-hydroxylation sites is 1. The van der Waals surface area contributed by atoms with Crippen molar-refractivity contribution in [3.05, 3.63) is 53.2 Å². The zero-order chi connectivity index (χ0) is 20.9. The number of halogens is 3. The van der Waals surface area contributed by atoms with Crippen molar-refractivity contribution in [3.63, 3.8) is 0 Å². The van der Waals surface area contributed by atoms with E-state index in [9.17, 15) is 18.0 Å². The molecule has 0 N–H and O–H groups in total. The molecule has 0 bridgehead atoms. The molecule has 2 heterocycles. The summed E-state index contributed by atoms with van der Waals surface area (Å²) in [7, 11) is 1.04. The number of ether oxygens (including phenoxy) is 1. The summed E-state index contributed by atoms with van der Waals surface area (Å²) in [5.74, 6) is -2.92. The number of rotatable bonds is 1. The SMILES string of the molecule is COC(=O)C1C(C(F)(F)F)=Nc2ccccc2-c2nc3cc(C)c(C)cc3nc21. The molecule has 0 spiro atoms. The van der Waals surface area contributed by atoms with E-state index in [0.29, 0.717) is 16.6 Å². The Morgan fingerprint density at radius 1 is 1.03 bits per heavy atom. The minimum Gasteiger partial charge on any atom is -0.468 e. The minimum atomic E-state index is -4.85. The Morgan fingerprint density at radius 3 is 2.28 bits per heavy atom. The van der Waals surface area contributed by atoms with E-state index in [1.807, 2.05) is 19.9 Å². The summed E-state index contributed by atoms with van der Waals surface area (Å²) in [4.78, 5) is 25.3. The van der Waals surface area contributed by atoms with Gasteiger partial charge in [0, 0.05) is 5.56 Å². The molecule has 0 fully saturated rings. The van der Waals surface area contributed by atoms with Crippen molar-refractivity contribution in [2.75, 3.05) is 7.11 Å². The fraction of sp³-hybridized carbons (Fsp3) is 0.238. The molecule has 8 heteroatoms. The molecule has 4 rings (SSSR count). The van der Waals surface area contributed by atoms with Crippen molar-refractivity contribution >= 4 is 28.4 Å². The molecule has 1 unspecified atom stereocenters. The van der Waals surface area contributed by atoms with Gasteiger partial charge in [-0.05, 0) is 43.2 Å². The molecular weight excluding hydrogens is 383 g/mol. The molecule has 148 valence electrons. The molecule has 0 amide bonds. The third-order valence-electron chi connectivity index (χ3n) is 4.98. The maximum Gasteiger partial charge on any atom is 0.430 e. The molecule has 1 aliphatic heterocycles. The van der Waals surface area contributed by atoms with Gasteiger partial charge in [-0.1, -0.05) is 18.2 Å². The van der Waals surface area contributed by atoms with Crippen LogP contribution in [0.5, 0.6) is 0 Å². The first-order valence-corrected chi connectivity index (χ1v) is 8.82. The van der Waals surface area contributed by atoms with Gasteiger partial charge in [0.2, 0.25) is 0 Å². The second kappa shape index (κ2) is 6.65. The smallest absolute Gasteiger partial charge is 0.430 e. The Morgan fingerprint density at radius 2 is 1.66 bits per heavy atom. The fourth-order valence-electron chi connectivity index (χ4n) is 3.39. The van der Waals surface area contributed by atoms with Crippen molar-refractivity contribution in [3.8, 4) is 11.3 Å². The Labute approximate surface area is 164 Å². The standard InChI is InChI=1S/C21H16F3N3O2/c1-10-8-14-15(9-11(10)2)26-18-16(20(28)29-3)19(21(22,23)24)27-13-7-5-4-6-12(13)17(18)25-14/h4-9,16H,1-3H3. The number of methoxy groups -OCH3 is 1. The number of hydrogen-bond donors (Lipinski definition) is 0. The van der Waals surface area contributed by atoms with Gasteiger partial charge < -0.3 is 4.74 Å². The summed E-state index contributed by atoms with van der Waals surface area (Å²) in [5.41, 5.74) is 2.08. The van der Waals surface area contributed by atoms with Crippen molar-refractivity contribution in [2.24, 2.45) is 4.99 Å². The van der Waals surface area contributed by atoms with Crippen LogP contribution >= 0.6 is 0 Å². The first kappa shape index (κ1) is 19.0. The van der Waals surface area contributed by atoms with E-state index in [4.69, 9.17) is 4.74 Å². The molecule has 0 radical (unpaired) electrons. The highest BCUT2D eigenvalue weighted by molar-refractivity contribution is 6.13. The molecule has 1 atom stereocenters. The van der Waals surface area contributed by atoms with Crippen molar-refractivity contribution in [1.29, 1.82) is 0 Å². The van der Waals surface area contributed by atoms with Gasteiger partial charge in [-0.25, -0.2) is 15.0 Å². The zero-order valence-electron chi connectivity index (χ0n) is 15.8. The van der Waals surface area contributed by atoms with E-state index in [1.165, 1.54) is 6.07 Å². The van der Waals surface area contributed by atoms with Gasteiger partial charge in [-0.3, -0.25) is 4.79 Å². The largest absolute Gasteiger partial charge is 0.468 e. The summed E-state index contributed by atoms with van der Waals surface area (Å²) in [6.45, 7) is 3.79. The fourth-order valence-corrected chi connectivity index (χ4v) is 3.39. The van der Waals surface area contributed by atoms with Crippen LogP contribution in [0.4, 0.5) is 18.9 Å². The number of hydrogen-bond acceptors (Lipinski definition) is 5. The van der Waals surface area contributed by atoms with E-state index in [-0.39, 0.29) is 17.1 Å². The number of alkyl halides is 3. The molecule has 0 aliphatic carbocycles. The molecule has 5 nitrogen and oxygen atoms in total. The third-order valence-corrected chi connectivity index (χ3v) is 4.98. The normalized spacial score (nSPS) is 15.9. The maximum atomic E-state index is 13.9. The summed E-state index contributed by atoms with van der Waals surface area (Å²) < 4.78 is 46.4. The van der Waals surface area contributed by atoms with Gasteiger partial charge in [0.25, 0.3) is 0 Å². The first-order chi connectivity index (χ1) is 13.7. The number of aliphatic imine (C=N–C) groups is 1. The van der Waals surface area contributed by atoms with Gasteiger partial charge in [-0.2, -0.15) is 13.2 Å². The van der Waals surface area contributed by atoms with Gasteiger partial charge in [0.1, 0.15) is 11.6 Å². The molecule has 2 aromatic carbocycles. The molecule has 3 aromatic rings. The van der Waals surface area contributed by atoms with Crippen LogP contribution in [0.3, 0.4) is 0 Å². The molecule has 0 saturated heterocycles. The predicted molar refractivity (Wildman–Crippen MR) is 102 cm³/mol. The molecule has 29 heavy (non-hydrogen) atoms. The Balaban J connectivity index is 2.14. The number of aryl methyl sites for hydroxylation is 2. The Hall–Kier alpha value is -3.29. The average molecular weight is 399 g/mol. The van der Waals surface area contributed by atoms with Gasteiger partial charge in [-0.15, -0.1) is 0 Å². The van der Waals surface area contributed by atoms with Gasteiger partial charge >= 0.3 is 12.1 Å². The zero-order valence-corrected chi connectivity index (χ0v) is 15.8. The topological polar surface area (TPSA) is 64.4 Å². The van der Waals surface area contributed by atoms with Crippen molar-refractivity contribution in [1.82, 2.24) is 9.97 Å². The quantitative estimate of drug-likeness (QED) is 0.551. The lowest BCUT2D eigenvalue weighted by Crippen LogP contribution is -2.35. The van der Waals surface area contributed by atoms with E-state index in [1.54, 1.807) is 24.3 Å². The number of aromatic nitrogens is 2. The highest BCUT2D eigenvalue weighted by Gasteiger charge is 2.48. The summed E-state index contributed by atoms with van der Waals surface area (Å²) in [6, 6.07) is 9.90. The Bertz CT molecular complexity index is 1190. The van der Waals surface area contributed by atoms with Crippen LogP contribution in [0.25, 0.3) is 22.3 Å². The second-order valence-corrected chi connectivity index (χ2v) is 6.85. The van der Waals surface area contributed by atoms with Crippen LogP contribution < -0.4 is 0 Å². The summed E-state index contributed by atoms with van der Waals surface area (Å²) in [5, 5.41) is 0. The Kier molecular flexibility index (Phi) is 4.37. The van der Waals surface area contributed by atoms with Crippen molar-refractivity contribution in [2.45, 2.75) is 25.9 Å².